The predicted molar refractivity (Wildman–Crippen MR) is 50.9 cm³/mol. The largest absolute Gasteiger partial charge is 0.411 e. The van der Waals surface area contributed by atoms with Crippen molar-refractivity contribution >= 4 is 41.0 Å². The van der Waals surface area contributed by atoms with Crippen LogP contribution in [0, 0.1) is 0 Å². The van der Waals surface area contributed by atoms with Crippen LogP contribution in [0.4, 0.5) is 0 Å². The number of halogens is 3. The SMILES string of the molecule is ON=Cc1cc(Cl)cc(Cl)c1Cl. The number of oxime groups is 1. The molecule has 0 bridgehead atoms. The number of nitrogens with zero attached hydrogens (tertiary/aromatic N) is 1. The Labute approximate surface area is 84.3 Å². The van der Waals surface area contributed by atoms with Crippen molar-refractivity contribution in [2.24, 2.45) is 5.16 Å². The van der Waals surface area contributed by atoms with Crippen LogP contribution in [0.1, 0.15) is 5.56 Å². The first-order chi connectivity index (χ1) is 5.65. The van der Waals surface area contributed by atoms with Crippen LogP contribution >= 0.6 is 34.8 Å². The van der Waals surface area contributed by atoms with Crippen molar-refractivity contribution in [1.29, 1.82) is 0 Å². The van der Waals surface area contributed by atoms with E-state index in [9.17, 15) is 0 Å². The van der Waals surface area contributed by atoms with Crippen LogP contribution in [-0.2, 0) is 0 Å². The third kappa shape index (κ3) is 2.03. The molecule has 12 heavy (non-hydrogen) atoms. The molecule has 0 aromatic heterocycles. The average Bonchev–Trinajstić information content (AvgIpc) is 2.00. The molecule has 64 valence electrons. The maximum atomic E-state index is 8.25. The Morgan fingerprint density at radius 3 is 2.50 bits per heavy atom. The van der Waals surface area contributed by atoms with Gasteiger partial charge in [0.15, 0.2) is 0 Å². The fraction of sp³-hybridized carbons (Fsp3) is 0. The third-order valence-electron chi connectivity index (χ3n) is 1.22. The molecule has 0 saturated carbocycles. The second-order valence-corrected chi connectivity index (χ2v) is 3.26. The monoisotopic (exact) mass is 223 g/mol. The van der Waals surface area contributed by atoms with Gasteiger partial charge in [-0.25, -0.2) is 0 Å². The molecular formula is C7H4Cl3NO. The highest BCUT2D eigenvalue weighted by atomic mass is 35.5. The van der Waals surface area contributed by atoms with Gasteiger partial charge in [0, 0.05) is 10.6 Å². The van der Waals surface area contributed by atoms with Crippen LogP contribution in [0.15, 0.2) is 17.3 Å². The zero-order valence-electron chi connectivity index (χ0n) is 5.76. The lowest BCUT2D eigenvalue weighted by atomic mass is 10.2. The lowest BCUT2D eigenvalue weighted by Gasteiger charge is -2.00. The molecular weight excluding hydrogens is 220 g/mol. The summed E-state index contributed by atoms with van der Waals surface area (Å²) in [5, 5.41) is 12.2. The summed E-state index contributed by atoms with van der Waals surface area (Å²) in [6.07, 6.45) is 1.17. The van der Waals surface area contributed by atoms with Crippen molar-refractivity contribution in [2.45, 2.75) is 0 Å². The lowest BCUT2D eigenvalue weighted by molar-refractivity contribution is 0.322. The first-order valence-electron chi connectivity index (χ1n) is 2.97. The quantitative estimate of drug-likeness (QED) is 0.337. The molecule has 0 saturated heterocycles. The molecule has 1 rings (SSSR count). The number of rotatable bonds is 1. The molecule has 0 aliphatic heterocycles. The molecule has 0 atom stereocenters. The molecule has 0 spiro atoms. The highest BCUT2D eigenvalue weighted by molar-refractivity contribution is 6.44. The molecule has 0 fully saturated rings. The van der Waals surface area contributed by atoms with Crippen LogP contribution in [-0.4, -0.2) is 11.4 Å². The van der Waals surface area contributed by atoms with Gasteiger partial charge in [0.1, 0.15) is 0 Å². The van der Waals surface area contributed by atoms with Gasteiger partial charge >= 0.3 is 0 Å². The van der Waals surface area contributed by atoms with Gasteiger partial charge in [-0.05, 0) is 12.1 Å². The number of hydrogen-bond acceptors (Lipinski definition) is 2. The Balaban J connectivity index is 3.27. The second kappa shape index (κ2) is 3.99. The van der Waals surface area contributed by atoms with Crippen molar-refractivity contribution in [3.63, 3.8) is 0 Å². The summed E-state index contributed by atoms with van der Waals surface area (Å²) in [4.78, 5) is 0. The summed E-state index contributed by atoms with van der Waals surface area (Å²) in [7, 11) is 0. The molecule has 0 aliphatic carbocycles. The maximum Gasteiger partial charge on any atom is 0.0749 e. The highest BCUT2D eigenvalue weighted by Crippen LogP contribution is 2.28. The Morgan fingerprint density at radius 2 is 1.92 bits per heavy atom. The van der Waals surface area contributed by atoms with Crippen molar-refractivity contribution in [1.82, 2.24) is 0 Å². The van der Waals surface area contributed by atoms with Crippen LogP contribution in [0.2, 0.25) is 15.1 Å². The first-order valence-corrected chi connectivity index (χ1v) is 4.10. The molecule has 0 amide bonds. The van der Waals surface area contributed by atoms with Gasteiger partial charge in [-0.1, -0.05) is 40.0 Å². The molecule has 2 nitrogen and oxygen atoms in total. The minimum Gasteiger partial charge on any atom is -0.411 e. The molecule has 1 aromatic rings. The number of benzene rings is 1. The molecule has 5 heteroatoms. The standard InChI is InChI=1S/C7H4Cl3NO/c8-5-1-4(3-11-12)7(10)6(9)2-5/h1-3,12H. The fourth-order valence-electron chi connectivity index (χ4n) is 0.732. The van der Waals surface area contributed by atoms with E-state index in [-0.39, 0.29) is 0 Å². The van der Waals surface area contributed by atoms with E-state index in [0.717, 1.165) is 0 Å². The van der Waals surface area contributed by atoms with E-state index in [0.29, 0.717) is 20.6 Å². The Bertz CT molecular complexity index is 325. The minimum atomic E-state index is 0.318. The molecule has 0 aliphatic rings. The Hall–Kier alpha value is -0.440. The van der Waals surface area contributed by atoms with Crippen LogP contribution in [0.5, 0.6) is 0 Å². The summed E-state index contributed by atoms with van der Waals surface area (Å²) >= 11 is 17.1. The van der Waals surface area contributed by atoms with Gasteiger partial charge in [0.25, 0.3) is 0 Å². The van der Waals surface area contributed by atoms with Crippen LogP contribution in [0.3, 0.4) is 0 Å². The smallest absolute Gasteiger partial charge is 0.0749 e. The van der Waals surface area contributed by atoms with Crippen molar-refractivity contribution in [3.05, 3.63) is 32.8 Å². The molecule has 1 aromatic carbocycles. The predicted octanol–water partition coefficient (Wildman–Crippen LogP) is 3.45. The van der Waals surface area contributed by atoms with Crippen molar-refractivity contribution in [3.8, 4) is 0 Å². The minimum absolute atomic E-state index is 0.318. The van der Waals surface area contributed by atoms with Crippen LogP contribution in [0.25, 0.3) is 0 Å². The normalized spacial score (nSPS) is 10.9. The maximum absolute atomic E-state index is 8.25. The highest BCUT2D eigenvalue weighted by Gasteiger charge is 2.04. The van der Waals surface area contributed by atoms with Gasteiger partial charge < -0.3 is 5.21 Å². The summed E-state index contributed by atoms with van der Waals surface area (Å²) in [5.41, 5.74) is 0.483. The van der Waals surface area contributed by atoms with E-state index < -0.39 is 0 Å². The molecule has 1 N–H and O–H groups in total. The lowest BCUT2D eigenvalue weighted by Crippen LogP contribution is -1.84. The van der Waals surface area contributed by atoms with Crippen molar-refractivity contribution < 1.29 is 5.21 Å². The summed E-state index contributed by atoms with van der Waals surface area (Å²) in [6.45, 7) is 0. The Morgan fingerprint density at radius 1 is 1.25 bits per heavy atom. The van der Waals surface area contributed by atoms with E-state index in [2.05, 4.69) is 5.16 Å². The summed E-state index contributed by atoms with van der Waals surface area (Å²) in [5.74, 6) is 0. The van der Waals surface area contributed by atoms with Crippen LogP contribution < -0.4 is 0 Å². The molecule has 0 unspecified atom stereocenters. The van der Waals surface area contributed by atoms with E-state index in [1.54, 1.807) is 6.07 Å². The van der Waals surface area contributed by atoms with Gasteiger partial charge in [0.05, 0.1) is 16.3 Å². The summed E-state index contributed by atoms with van der Waals surface area (Å²) < 4.78 is 0. The van der Waals surface area contributed by atoms with Gasteiger partial charge in [0.2, 0.25) is 0 Å². The van der Waals surface area contributed by atoms with Gasteiger partial charge in [-0.15, -0.1) is 0 Å². The van der Waals surface area contributed by atoms with Crippen molar-refractivity contribution in [2.75, 3.05) is 0 Å². The van der Waals surface area contributed by atoms with Gasteiger partial charge in [-0.3, -0.25) is 0 Å². The summed E-state index contributed by atoms with van der Waals surface area (Å²) in [6, 6.07) is 3.07. The zero-order valence-corrected chi connectivity index (χ0v) is 8.03. The Kier molecular flexibility index (Phi) is 3.20. The third-order valence-corrected chi connectivity index (χ3v) is 2.25. The zero-order chi connectivity index (χ0) is 9.14. The molecule has 0 heterocycles. The number of hydrogen-bond donors (Lipinski definition) is 1. The first kappa shape index (κ1) is 9.65. The van der Waals surface area contributed by atoms with Gasteiger partial charge in [-0.2, -0.15) is 0 Å². The van der Waals surface area contributed by atoms with E-state index in [1.807, 2.05) is 0 Å². The topological polar surface area (TPSA) is 32.6 Å². The van der Waals surface area contributed by atoms with E-state index >= 15 is 0 Å². The fourth-order valence-corrected chi connectivity index (χ4v) is 1.40. The average molecular weight is 224 g/mol. The van der Waals surface area contributed by atoms with E-state index in [4.69, 9.17) is 40.0 Å². The molecule has 0 radical (unpaired) electrons. The second-order valence-electron chi connectivity index (χ2n) is 2.04. The van der Waals surface area contributed by atoms with E-state index in [1.165, 1.54) is 12.3 Å².